The smallest absolute Gasteiger partial charge is 0.119 e. The first-order chi connectivity index (χ1) is 10.0. The molecule has 0 aliphatic heterocycles. The summed E-state index contributed by atoms with van der Waals surface area (Å²) in [5.74, 6) is 0.840. The van der Waals surface area contributed by atoms with E-state index in [9.17, 15) is 5.11 Å². The first kappa shape index (κ1) is 15.6. The standard InChI is InChI=1S/C17H24N2O2/c1-5-21-15-8-6-14(7-9-15)17(20)11-10-16-12(2)18-19(4)13(16)3/h6-9,17,20H,5,10-11H2,1-4H3. The van der Waals surface area contributed by atoms with Crippen molar-refractivity contribution in [3.63, 3.8) is 0 Å². The van der Waals surface area contributed by atoms with E-state index in [0.717, 1.165) is 23.4 Å². The summed E-state index contributed by atoms with van der Waals surface area (Å²) in [6.45, 7) is 6.70. The normalized spacial score (nSPS) is 12.4. The molecule has 2 rings (SSSR count). The quantitative estimate of drug-likeness (QED) is 0.888. The van der Waals surface area contributed by atoms with Crippen molar-refractivity contribution < 1.29 is 9.84 Å². The van der Waals surface area contributed by atoms with E-state index in [1.807, 2.05) is 49.8 Å². The lowest BCUT2D eigenvalue weighted by molar-refractivity contribution is 0.167. The zero-order chi connectivity index (χ0) is 15.4. The SMILES string of the molecule is CCOc1ccc(C(O)CCc2c(C)nn(C)c2C)cc1. The van der Waals surface area contributed by atoms with E-state index < -0.39 is 6.10 Å². The summed E-state index contributed by atoms with van der Waals surface area (Å²) in [6.07, 6.45) is 1.07. The average Bonchev–Trinajstić information content (AvgIpc) is 2.71. The Hall–Kier alpha value is -1.81. The van der Waals surface area contributed by atoms with Gasteiger partial charge in [0.15, 0.2) is 0 Å². The van der Waals surface area contributed by atoms with Crippen molar-refractivity contribution in [3.05, 3.63) is 46.8 Å². The molecule has 0 spiro atoms. The Kier molecular flexibility index (Phi) is 5.02. The van der Waals surface area contributed by atoms with Crippen molar-refractivity contribution in [2.24, 2.45) is 7.05 Å². The molecule has 0 amide bonds. The van der Waals surface area contributed by atoms with Gasteiger partial charge in [0.2, 0.25) is 0 Å². The monoisotopic (exact) mass is 288 g/mol. The van der Waals surface area contributed by atoms with Gasteiger partial charge < -0.3 is 9.84 Å². The van der Waals surface area contributed by atoms with Gasteiger partial charge in [-0.2, -0.15) is 5.10 Å². The summed E-state index contributed by atoms with van der Waals surface area (Å²) < 4.78 is 7.31. The van der Waals surface area contributed by atoms with Gasteiger partial charge in [0.1, 0.15) is 5.75 Å². The molecule has 1 aromatic carbocycles. The molecule has 0 radical (unpaired) electrons. The fourth-order valence-corrected chi connectivity index (χ4v) is 2.58. The minimum absolute atomic E-state index is 0.459. The van der Waals surface area contributed by atoms with E-state index in [2.05, 4.69) is 12.0 Å². The Morgan fingerprint density at radius 3 is 2.43 bits per heavy atom. The number of ether oxygens (including phenoxy) is 1. The third kappa shape index (κ3) is 3.64. The van der Waals surface area contributed by atoms with Crippen LogP contribution in [0.15, 0.2) is 24.3 Å². The third-order valence-corrected chi connectivity index (χ3v) is 3.90. The molecule has 0 aliphatic carbocycles. The van der Waals surface area contributed by atoms with Gasteiger partial charge >= 0.3 is 0 Å². The average molecular weight is 288 g/mol. The molecule has 1 atom stereocenters. The molecule has 1 heterocycles. The minimum atomic E-state index is -0.459. The number of aryl methyl sites for hydroxylation is 2. The molecule has 114 valence electrons. The number of aliphatic hydroxyl groups is 1. The molecule has 21 heavy (non-hydrogen) atoms. The number of nitrogens with zero attached hydrogens (tertiary/aromatic N) is 2. The molecular formula is C17H24N2O2. The van der Waals surface area contributed by atoms with Crippen molar-refractivity contribution in [2.75, 3.05) is 6.61 Å². The van der Waals surface area contributed by atoms with Crippen molar-refractivity contribution in [3.8, 4) is 5.75 Å². The van der Waals surface area contributed by atoms with Gasteiger partial charge in [0.25, 0.3) is 0 Å². The number of aromatic nitrogens is 2. The highest BCUT2D eigenvalue weighted by Gasteiger charge is 2.13. The number of aliphatic hydroxyl groups excluding tert-OH is 1. The molecule has 0 aliphatic rings. The lowest BCUT2D eigenvalue weighted by Gasteiger charge is -2.12. The summed E-state index contributed by atoms with van der Waals surface area (Å²) in [5.41, 5.74) is 4.39. The Morgan fingerprint density at radius 2 is 1.90 bits per heavy atom. The van der Waals surface area contributed by atoms with E-state index in [0.29, 0.717) is 13.0 Å². The molecular weight excluding hydrogens is 264 g/mol. The van der Waals surface area contributed by atoms with Crippen LogP contribution >= 0.6 is 0 Å². The fraction of sp³-hybridized carbons (Fsp3) is 0.471. The van der Waals surface area contributed by atoms with E-state index in [4.69, 9.17) is 4.74 Å². The van der Waals surface area contributed by atoms with Crippen LogP contribution in [-0.4, -0.2) is 21.5 Å². The van der Waals surface area contributed by atoms with Crippen LogP contribution in [0.2, 0.25) is 0 Å². The fourth-order valence-electron chi connectivity index (χ4n) is 2.58. The maximum absolute atomic E-state index is 10.3. The number of hydrogen-bond acceptors (Lipinski definition) is 3. The Balaban J connectivity index is 1.99. The minimum Gasteiger partial charge on any atom is -0.494 e. The molecule has 1 N–H and O–H groups in total. The second kappa shape index (κ2) is 6.76. The van der Waals surface area contributed by atoms with Gasteiger partial charge in [-0.05, 0) is 56.9 Å². The molecule has 1 unspecified atom stereocenters. The molecule has 0 bridgehead atoms. The Morgan fingerprint density at radius 1 is 1.24 bits per heavy atom. The van der Waals surface area contributed by atoms with E-state index >= 15 is 0 Å². The Bertz CT molecular complexity index is 588. The molecule has 4 nitrogen and oxygen atoms in total. The molecule has 0 saturated carbocycles. The van der Waals surface area contributed by atoms with Crippen LogP contribution < -0.4 is 4.74 Å². The van der Waals surface area contributed by atoms with Crippen LogP contribution in [0.4, 0.5) is 0 Å². The predicted octanol–water partition coefficient (Wildman–Crippen LogP) is 3.10. The van der Waals surface area contributed by atoms with Gasteiger partial charge in [-0.25, -0.2) is 0 Å². The number of rotatable bonds is 6. The van der Waals surface area contributed by atoms with Crippen molar-refractivity contribution in [2.45, 2.75) is 39.7 Å². The second-order valence-electron chi connectivity index (χ2n) is 5.33. The summed E-state index contributed by atoms with van der Waals surface area (Å²) in [7, 11) is 1.95. The van der Waals surface area contributed by atoms with E-state index in [-0.39, 0.29) is 0 Å². The van der Waals surface area contributed by atoms with Crippen LogP contribution in [0, 0.1) is 13.8 Å². The highest BCUT2D eigenvalue weighted by molar-refractivity contribution is 5.29. The first-order valence-corrected chi connectivity index (χ1v) is 7.42. The molecule has 4 heteroatoms. The van der Waals surface area contributed by atoms with Crippen molar-refractivity contribution in [1.82, 2.24) is 9.78 Å². The Labute approximate surface area is 126 Å². The molecule has 1 aromatic heterocycles. The lowest BCUT2D eigenvalue weighted by Crippen LogP contribution is -2.01. The maximum Gasteiger partial charge on any atom is 0.119 e. The van der Waals surface area contributed by atoms with Crippen molar-refractivity contribution in [1.29, 1.82) is 0 Å². The zero-order valence-electron chi connectivity index (χ0n) is 13.3. The number of hydrogen-bond donors (Lipinski definition) is 1. The topological polar surface area (TPSA) is 47.3 Å². The van der Waals surface area contributed by atoms with Gasteiger partial charge in [-0.15, -0.1) is 0 Å². The van der Waals surface area contributed by atoms with Gasteiger partial charge in [0, 0.05) is 12.7 Å². The lowest BCUT2D eigenvalue weighted by atomic mass is 10.0. The molecule has 0 saturated heterocycles. The summed E-state index contributed by atoms with van der Waals surface area (Å²) in [5, 5.41) is 14.7. The summed E-state index contributed by atoms with van der Waals surface area (Å²) in [4.78, 5) is 0. The largest absolute Gasteiger partial charge is 0.494 e. The molecule has 0 fully saturated rings. The zero-order valence-corrected chi connectivity index (χ0v) is 13.3. The first-order valence-electron chi connectivity index (χ1n) is 7.42. The summed E-state index contributed by atoms with van der Waals surface area (Å²) >= 11 is 0. The van der Waals surface area contributed by atoms with Gasteiger partial charge in [-0.1, -0.05) is 12.1 Å². The maximum atomic E-state index is 10.3. The predicted molar refractivity (Wildman–Crippen MR) is 83.6 cm³/mol. The molecule has 2 aromatic rings. The van der Waals surface area contributed by atoms with Crippen LogP contribution in [0.25, 0.3) is 0 Å². The number of benzene rings is 1. The third-order valence-electron chi connectivity index (χ3n) is 3.90. The van der Waals surface area contributed by atoms with Gasteiger partial charge in [-0.3, -0.25) is 4.68 Å². The van der Waals surface area contributed by atoms with Crippen LogP contribution in [-0.2, 0) is 13.5 Å². The summed E-state index contributed by atoms with van der Waals surface area (Å²) in [6, 6.07) is 7.67. The second-order valence-corrected chi connectivity index (χ2v) is 5.33. The van der Waals surface area contributed by atoms with Gasteiger partial charge in [0.05, 0.1) is 18.4 Å². The van der Waals surface area contributed by atoms with Crippen LogP contribution in [0.1, 0.15) is 42.0 Å². The van der Waals surface area contributed by atoms with Crippen LogP contribution in [0.3, 0.4) is 0 Å². The highest BCUT2D eigenvalue weighted by Crippen LogP contribution is 2.23. The van der Waals surface area contributed by atoms with E-state index in [1.165, 1.54) is 11.3 Å². The highest BCUT2D eigenvalue weighted by atomic mass is 16.5. The van der Waals surface area contributed by atoms with Crippen LogP contribution in [0.5, 0.6) is 5.75 Å². The van der Waals surface area contributed by atoms with Crippen molar-refractivity contribution >= 4 is 0 Å². The van der Waals surface area contributed by atoms with E-state index in [1.54, 1.807) is 0 Å².